The second-order valence-electron chi connectivity index (χ2n) is 4.37. The van der Waals surface area contributed by atoms with Gasteiger partial charge in [-0.2, -0.15) is 0 Å². The van der Waals surface area contributed by atoms with Crippen molar-refractivity contribution in [3.05, 3.63) is 32.7 Å². The van der Waals surface area contributed by atoms with Gasteiger partial charge < -0.3 is 10.8 Å². The first-order chi connectivity index (χ1) is 7.59. The van der Waals surface area contributed by atoms with Gasteiger partial charge in [0.15, 0.2) is 0 Å². The van der Waals surface area contributed by atoms with Gasteiger partial charge in [0.05, 0.1) is 12.1 Å². The van der Waals surface area contributed by atoms with E-state index in [9.17, 15) is 5.11 Å². The minimum atomic E-state index is -0.431. The number of hydrogen-bond acceptors (Lipinski definition) is 2. The maximum absolute atomic E-state index is 10.1. The molecule has 0 unspecified atom stereocenters. The van der Waals surface area contributed by atoms with Crippen LogP contribution in [0.3, 0.4) is 0 Å². The molecule has 0 aliphatic heterocycles. The van der Waals surface area contributed by atoms with Gasteiger partial charge in [-0.25, -0.2) is 0 Å². The summed E-state index contributed by atoms with van der Waals surface area (Å²) in [6.07, 6.45) is 2.98. The average molecular weight is 349 g/mol. The highest BCUT2D eigenvalue weighted by atomic mass is 79.9. The number of benzene rings is 1. The highest BCUT2D eigenvalue weighted by Gasteiger charge is 2.31. The van der Waals surface area contributed by atoms with E-state index in [1.807, 2.05) is 18.2 Å². The number of halogens is 2. The van der Waals surface area contributed by atoms with E-state index < -0.39 is 6.10 Å². The molecular weight excluding hydrogens is 334 g/mol. The highest BCUT2D eigenvalue weighted by Crippen LogP contribution is 2.36. The molecular formula is C12H15Br2NO. The summed E-state index contributed by atoms with van der Waals surface area (Å²) in [6.45, 7) is 0. The molecule has 1 aliphatic rings. The molecule has 1 saturated carbocycles. The second-order valence-corrected chi connectivity index (χ2v) is 6.14. The molecule has 0 saturated heterocycles. The quantitative estimate of drug-likeness (QED) is 0.879. The van der Waals surface area contributed by atoms with Gasteiger partial charge in [0.25, 0.3) is 0 Å². The van der Waals surface area contributed by atoms with Crippen LogP contribution in [0.4, 0.5) is 0 Å². The first-order valence-electron chi connectivity index (χ1n) is 5.48. The molecule has 16 heavy (non-hydrogen) atoms. The average Bonchev–Trinajstić information content (AvgIpc) is 2.18. The largest absolute Gasteiger partial charge is 0.391 e. The fraction of sp³-hybridized carbons (Fsp3) is 0.500. The van der Waals surface area contributed by atoms with Crippen LogP contribution in [-0.2, 0) is 0 Å². The number of nitrogens with two attached hydrogens (primary N) is 1. The number of aliphatic hydroxyl groups excluding tert-OH is 1. The lowest BCUT2D eigenvalue weighted by Gasteiger charge is -2.34. The molecule has 0 bridgehead atoms. The van der Waals surface area contributed by atoms with Gasteiger partial charge in [0.2, 0.25) is 0 Å². The SMILES string of the molecule is N[C@@H](c1cc(Br)ccc1Br)[C@H](O)C1CCC1. The normalized spacial score (nSPS) is 20.2. The van der Waals surface area contributed by atoms with Crippen molar-refractivity contribution >= 4 is 31.9 Å². The van der Waals surface area contributed by atoms with Crippen molar-refractivity contribution in [2.24, 2.45) is 11.7 Å². The molecule has 0 amide bonds. The fourth-order valence-corrected chi connectivity index (χ4v) is 2.92. The molecule has 2 rings (SSSR count). The van der Waals surface area contributed by atoms with Crippen LogP contribution in [0.1, 0.15) is 30.9 Å². The van der Waals surface area contributed by atoms with E-state index in [1.165, 1.54) is 6.42 Å². The number of rotatable bonds is 3. The van der Waals surface area contributed by atoms with Gasteiger partial charge in [0, 0.05) is 8.95 Å². The summed E-state index contributed by atoms with van der Waals surface area (Å²) in [7, 11) is 0. The topological polar surface area (TPSA) is 46.2 Å². The Morgan fingerprint density at radius 3 is 2.56 bits per heavy atom. The Hall–Kier alpha value is 0.1000. The maximum Gasteiger partial charge on any atom is 0.0761 e. The van der Waals surface area contributed by atoms with Crippen LogP contribution in [0, 0.1) is 5.92 Å². The molecule has 0 spiro atoms. The van der Waals surface area contributed by atoms with E-state index in [0.717, 1.165) is 27.4 Å². The third-order valence-electron chi connectivity index (χ3n) is 3.32. The molecule has 1 aromatic rings. The highest BCUT2D eigenvalue weighted by molar-refractivity contribution is 9.11. The Bertz CT molecular complexity index is 379. The van der Waals surface area contributed by atoms with E-state index >= 15 is 0 Å². The molecule has 0 aromatic heterocycles. The zero-order valence-corrected chi connectivity index (χ0v) is 12.0. The van der Waals surface area contributed by atoms with E-state index in [1.54, 1.807) is 0 Å². The molecule has 1 aliphatic carbocycles. The van der Waals surface area contributed by atoms with Crippen LogP contribution in [0.25, 0.3) is 0 Å². The minimum absolute atomic E-state index is 0.308. The van der Waals surface area contributed by atoms with Crippen molar-refractivity contribution in [1.82, 2.24) is 0 Å². The van der Waals surface area contributed by atoms with Gasteiger partial charge in [-0.1, -0.05) is 38.3 Å². The number of hydrogen-bond donors (Lipinski definition) is 2. The number of aliphatic hydroxyl groups is 1. The van der Waals surface area contributed by atoms with Gasteiger partial charge >= 0.3 is 0 Å². The Kier molecular flexibility index (Phi) is 4.06. The van der Waals surface area contributed by atoms with Crippen molar-refractivity contribution in [2.75, 3.05) is 0 Å². The molecule has 2 nitrogen and oxygen atoms in total. The summed E-state index contributed by atoms with van der Waals surface area (Å²) in [5.74, 6) is 0.376. The van der Waals surface area contributed by atoms with Crippen molar-refractivity contribution in [3.8, 4) is 0 Å². The second kappa shape index (κ2) is 5.17. The van der Waals surface area contributed by atoms with E-state index in [-0.39, 0.29) is 6.04 Å². The molecule has 0 radical (unpaired) electrons. The predicted molar refractivity (Wildman–Crippen MR) is 72.1 cm³/mol. The van der Waals surface area contributed by atoms with Crippen LogP contribution < -0.4 is 5.73 Å². The van der Waals surface area contributed by atoms with Crippen molar-refractivity contribution in [3.63, 3.8) is 0 Å². The third-order valence-corrected chi connectivity index (χ3v) is 4.53. The molecule has 1 aromatic carbocycles. The summed E-state index contributed by atoms with van der Waals surface area (Å²) in [5.41, 5.74) is 7.08. The molecule has 88 valence electrons. The van der Waals surface area contributed by atoms with Crippen LogP contribution >= 0.6 is 31.9 Å². The summed E-state index contributed by atoms with van der Waals surface area (Å²) < 4.78 is 1.95. The Morgan fingerprint density at radius 1 is 1.31 bits per heavy atom. The Morgan fingerprint density at radius 2 is 2.00 bits per heavy atom. The zero-order chi connectivity index (χ0) is 11.7. The van der Waals surface area contributed by atoms with Gasteiger partial charge in [0.1, 0.15) is 0 Å². The van der Waals surface area contributed by atoms with Crippen molar-refractivity contribution in [2.45, 2.75) is 31.4 Å². The zero-order valence-electron chi connectivity index (χ0n) is 8.87. The Labute approximate surface area is 112 Å². The molecule has 3 N–H and O–H groups in total. The third kappa shape index (κ3) is 2.50. The van der Waals surface area contributed by atoms with Crippen LogP contribution in [-0.4, -0.2) is 11.2 Å². The maximum atomic E-state index is 10.1. The first kappa shape index (κ1) is 12.6. The minimum Gasteiger partial charge on any atom is -0.391 e. The standard InChI is InChI=1S/C12H15Br2NO/c13-8-4-5-10(14)9(6-8)11(15)12(16)7-2-1-3-7/h4-7,11-12,16H,1-3,15H2/t11-,12+/m0/s1. The lowest BCUT2D eigenvalue weighted by molar-refractivity contribution is 0.0412. The van der Waals surface area contributed by atoms with Gasteiger partial charge in [-0.05, 0) is 42.5 Å². The molecule has 0 heterocycles. The summed E-state index contributed by atoms with van der Waals surface area (Å²) >= 11 is 6.90. The fourth-order valence-electron chi connectivity index (χ4n) is 2.03. The van der Waals surface area contributed by atoms with Gasteiger partial charge in [-0.3, -0.25) is 0 Å². The molecule has 1 fully saturated rings. The van der Waals surface area contributed by atoms with Crippen LogP contribution in [0.15, 0.2) is 27.1 Å². The molecule has 2 atom stereocenters. The molecule has 4 heteroatoms. The van der Waals surface area contributed by atoms with E-state index in [2.05, 4.69) is 31.9 Å². The summed E-state index contributed by atoms with van der Waals surface area (Å²) in [4.78, 5) is 0. The lowest BCUT2D eigenvalue weighted by atomic mass is 9.77. The van der Waals surface area contributed by atoms with E-state index in [4.69, 9.17) is 5.73 Å². The summed E-state index contributed by atoms with van der Waals surface area (Å²) in [6, 6.07) is 5.57. The van der Waals surface area contributed by atoms with Crippen LogP contribution in [0.5, 0.6) is 0 Å². The first-order valence-corrected chi connectivity index (χ1v) is 7.07. The van der Waals surface area contributed by atoms with Crippen molar-refractivity contribution in [1.29, 1.82) is 0 Å². The predicted octanol–water partition coefficient (Wildman–Crippen LogP) is 3.37. The Balaban J connectivity index is 2.18. The summed E-state index contributed by atoms with van der Waals surface area (Å²) in [5, 5.41) is 10.1. The smallest absolute Gasteiger partial charge is 0.0761 e. The van der Waals surface area contributed by atoms with E-state index in [0.29, 0.717) is 5.92 Å². The van der Waals surface area contributed by atoms with Gasteiger partial charge in [-0.15, -0.1) is 0 Å². The van der Waals surface area contributed by atoms with Crippen molar-refractivity contribution < 1.29 is 5.11 Å². The lowest BCUT2D eigenvalue weighted by Crippen LogP contribution is -2.36. The monoisotopic (exact) mass is 347 g/mol. The van der Waals surface area contributed by atoms with Crippen LogP contribution in [0.2, 0.25) is 0 Å².